The molecule has 4 heteroatoms. The molecule has 1 N–H and O–H groups in total. The summed E-state index contributed by atoms with van der Waals surface area (Å²) in [4.78, 5) is 0. The number of hydrogen-bond acceptors (Lipinski definition) is 2. The lowest BCUT2D eigenvalue weighted by atomic mass is 9.91. The lowest BCUT2D eigenvalue weighted by Crippen LogP contribution is -2.29. The molecule has 0 aliphatic carbocycles. The van der Waals surface area contributed by atoms with Crippen LogP contribution in [0.4, 0.5) is 0 Å². The third-order valence-corrected chi connectivity index (χ3v) is 3.35. The van der Waals surface area contributed by atoms with Crippen molar-refractivity contribution in [3.05, 3.63) is 52.8 Å². The van der Waals surface area contributed by atoms with Crippen LogP contribution in [0.5, 0.6) is 0 Å². The third-order valence-electron chi connectivity index (χ3n) is 3.09. The van der Waals surface area contributed by atoms with Crippen molar-refractivity contribution >= 4 is 11.6 Å². The molecule has 0 aliphatic rings. The zero-order chi connectivity index (χ0) is 13.9. The second-order valence-corrected chi connectivity index (χ2v) is 5.62. The van der Waals surface area contributed by atoms with Crippen LogP contribution < -0.4 is 0 Å². The molecule has 0 spiro atoms. The van der Waals surface area contributed by atoms with E-state index in [0.717, 1.165) is 17.7 Å². The van der Waals surface area contributed by atoms with E-state index in [1.54, 1.807) is 0 Å². The predicted molar refractivity (Wildman–Crippen MR) is 77.4 cm³/mol. The van der Waals surface area contributed by atoms with Gasteiger partial charge in [0.2, 0.25) is 0 Å². The number of aryl methyl sites for hydroxylation is 1. The number of aliphatic hydroxyl groups is 1. The van der Waals surface area contributed by atoms with Crippen LogP contribution in [0.1, 0.15) is 25.0 Å². The van der Waals surface area contributed by atoms with Gasteiger partial charge in [-0.05, 0) is 37.1 Å². The Morgan fingerprint density at radius 2 is 1.84 bits per heavy atom. The molecular formula is C15H19ClN2O. The van der Waals surface area contributed by atoms with Crippen molar-refractivity contribution < 1.29 is 5.11 Å². The quantitative estimate of drug-likeness (QED) is 0.913. The zero-order valence-corrected chi connectivity index (χ0v) is 12.1. The number of nitrogens with zero attached hydrogens (tertiary/aromatic N) is 2. The van der Waals surface area contributed by atoms with Gasteiger partial charge in [-0.3, -0.25) is 4.68 Å². The van der Waals surface area contributed by atoms with Crippen LogP contribution in [0.25, 0.3) is 0 Å². The van der Waals surface area contributed by atoms with Crippen LogP contribution >= 0.6 is 11.6 Å². The van der Waals surface area contributed by atoms with Crippen molar-refractivity contribution in [1.82, 2.24) is 9.78 Å². The van der Waals surface area contributed by atoms with Gasteiger partial charge in [-0.2, -0.15) is 5.10 Å². The van der Waals surface area contributed by atoms with Crippen LogP contribution in [0.3, 0.4) is 0 Å². The maximum Gasteiger partial charge on any atom is 0.0701 e. The maximum absolute atomic E-state index is 10.5. The Balaban J connectivity index is 2.03. The first-order valence-corrected chi connectivity index (χ1v) is 6.84. The smallest absolute Gasteiger partial charge is 0.0701 e. The normalized spacial score (nSPS) is 14.3. The first-order chi connectivity index (χ1) is 8.98. The lowest BCUT2D eigenvalue weighted by Gasteiger charge is -2.22. The highest BCUT2D eigenvalue weighted by atomic mass is 35.5. The van der Waals surface area contributed by atoms with Gasteiger partial charge in [0.15, 0.2) is 0 Å². The molecule has 1 atom stereocenters. The SMILES string of the molecule is CCn1cc(CC(C)(O)Cc2ccc(Cl)cc2)cn1. The zero-order valence-electron chi connectivity index (χ0n) is 11.3. The van der Waals surface area contributed by atoms with E-state index in [0.29, 0.717) is 17.9 Å². The van der Waals surface area contributed by atoms with E-state index in [9.17, 15) is 5.11 Å². The van der Waals surface area contributed by atoms with Crippen molar-refractivity contribution in [3.63, 3.8) is 0 Å². The standard InChI is InChI=1S/C15H19ClN2O/c1-3-18-11-13(10-17-18)9-15(2,19)8-12-4-6-14(16)7-5-12/h4-7,10-11,19H,3,8-9H2,1-2H3. The van der Waals surface area contributed by atoms with Crippen LogP contribution in [0, 0.1) is 0 Å². The van der Waals surface area contributed by atoms with Crippen molar-refractivity contribution in [2.75, 3.05) is 0 Å². The summed E-state index contributed by atoms with van der Waals surface area (Å²) in [5.41, 5.74) is 1.35. The van der Waals surface area contributed by atoms with Crippen LogP contribution in [-0.4, -0.2) is 20.5 Å². The molecule has 2 aromatic rings. The topological polar surface area (TPSA) is 38.0 Å². The molecule has 1 unspecified atom stereocenters. The predicted octanol–water partition coefficient (Wildman–Crippen LogP) is 3.09. The Hall–Kier alpha value is -1.32. The summed E-state index contributed by atoms with van der Waals surface area (Å²) in [7, 11) is 0. The van der Waals surface area contributed by atoms with Gasteiger partial charge in [0.05, 0.1) is 11.8 Å². The Bertz CT molecular complexity index is 531. The van der Waals surface area contributed by atoms with E-state index >= 15 is 0 Å². The van der Waals surface area contributed by atoms with Gasteiger partial charge in [0, 0.05) is 30.6 Å². The number of hydrogen-bond donors (Lipinski definition) is 1. The molecule has 0 saturated heterocycles. The summed E-state index contributed by atoms with van der Waals surface area (Å²) in [6.07, 6.45) is 4.99. The summed E-state index contributed by atoms with van der Waals surface area (Å²) < 4.78 is 1.87. The number of halogens is 1. The van der Waals surface area contributed by atoms with Crippen LogP contribution in [-0.2, 0) is 19.4 Å². The second-order valence-electron chi connectivity index (χ2n) is 5.18. The van der Waals surface area contributed by atoms with Crippen LogP contribution in [0.15, 0.2) is 36.7 Å². The molecule has 102 valence electrons. The van der Waals surface area contributed by atoms with Gasteiger partial charge in [0.1, 0.15) is 0 Å². The van der Waals surface area contributed by atoms with Crippen molar-refractivity contribution in [2.45, 2.75) is 38.8 Å². The summed E-state index contributed by atoms with van der Waals surface area (Å²) >= 11 is 5.86. The fourth-order valence-electron chi connectivity index (χ4n) is 2.21. The molecule has 0 radical (unpaired) electrons. The Morgan fingerprint density at radius 3 is 2.42 bits per heavy atom. The van der Waals surface area contributed by atoms with E-state index in [2.05, 4.69) is 5.10 Å². The minimum absolute atomic E-state index is 0.593. The molecule has 1 heterocycles. The monoisotopic (exact) mass is 278 g/mol. The van der Waals surface area contributed by atoms with Gasteiger partial charge in [0.25, 0.3) is 0 Å². The summed E-state index contributed by atoms with van der Waals surface area (Å²) in [6, 6.07) is 7.60. The molecule has 0 fully saturated rings. The molecule has 0 amide bonds. The highest BCUT2D eigenvalue weighted by Crippen LogP contribution is 2.20. The maximum atomic E-state index is 10.5. The highest BCUT2D eigenvalue weighted by molar-refractivity contribution is 6.30. The molecule has 2 rings (SSSR count). The van der Waals surface area contributed by atoms with Gasteiger partial charge >= 0.3 is 0 Å². The van der Waals surface area contributed by atoms with Gasteiger partial charge < -0.3 is 5.11 Å². The van der Waals surface area contributed by atoms with Crippen LogP contribution in [0.2, 0.25) is 5.02 Å². The van der Waals surface area contributed by atoms with E-state index in [4.69, 9.17) is 11.6 Å². The fourth-order valence-corrected chi connectivity index (χ4v) is 2.34. The van der Waals surface area contributed by atoms with Gasteiger partial charge in [-0.25, -0.2) is 0 Å². The van der Waals surface area contributed by atoms with Gasteiger partial charge in [-0.15, -0.1) is 0 Å². The van der Waals surface area contributed by atoms with Crippen molar-refractivity contribution in [2.24, 2.45) is 0 Å². The van der Waals surface area contributed by atoms with E-state index in [-0.39, 0.29) is 0 Å². The third kappa shape index (κ3) is 4.08. The van der Waals surface area contributed by atoms with E-state index < -0.39 is 5.60 Å². The molecule has 1 aromatic carbocycles. The van der Waals surface area contributed by atoms with Crippen molar-refractivity contribution in [1.29, 1.82) is 0 Å². The Kier molecular flexibility index (Phi) is 4.27. The van der Waals surface area contributed by atoms with Crippen molar-refractivity contribution in [3.8, 4) is 0 Å². The van der Waals surface area contributed by atoms with E-state index in [1.165, 1.54) is 0 Å². The highest BCUT2D eigenvalue weighted by Gasteiger charge is 2.22. The fraction of sp³-hybridized carbons (Fsp3) is 0.400. The number of rotatable bonds is 5. The van der Waals surface area contributed by atoms with E-state index in [1.807, 2.05) is 55.2 Å². The molecule has 3 nitrogen and oxygen atoms in total. The molecule has 0 aliphatic heterocycles. The molecule has 0 saturated carbocycles. The average Bonchev–Trinajstić information content (AvgIpc) is 2.78. The summed E-state index contributed by atoms with van der Waals surface area (Å²) in [5, 5.41) is 15.4. The Morgan fingerprint density at radius 1 is 1.21 bits per heavy atom. The summed E-state index contributed by atoms with van der Waals surface area (Å²) in [5.74, 6) is 0. The molecular weight excluding hydrogens is 260 g/mol. The minimum atomic E-state index is -0.782. The lowest BCUT2D eigenvalue weighted by molar-refractivity contribution is 0.0608. The minimum Gasteiger partial charge on any atom is -0.389 e. The largest absolute Gasteiger partial charge is 0.389 e. The van der Waals surface area contributed by atoms with Gasteiger partial charge in [-0.1, -0.05) is 23.7 Å². The molecule has 19 heavy (non-hydrogen) atoms. The summed E-state index contributed by atoms with van der Waals surface area (Å²) in [6.45, 7) is 4.74. The number of benzene rings is 1. The average molecular weight is 279 g/mol. The first kappa shape index (κ1) is 14.1. The molecule has 0 bridgehead atoms. The second kappa shape index (κ2) is 5.76. The number of aromatic nitrogens is 2. The molecule has 1 aromatic heterocycles. The first-order valence-electron chi connectivity index (χ1n) is 6.47. The Labute approximate surface area is 118 Å².